The van der Waals surface area contributed by atoms with Crippen molar-refractivity contribution in [3.05, 3.63) is 42.6 Å². The second-order valence-electron chi connectivity index (χ2n) is 4.11. The quantitative estimate of drug-likeness (QED) is 0.450. The van der Waals surface area contributed by atoms with E-state index in [-0.39, 0.29) is 0 Å². The molecule has 20 heavy (non-hydrogen) atoms. The molecule has 0 bridgehead atoms. The Morgan fingerprint density at radius 3 is 3.15 bits per heavy atom. The zero-order chi connectivity index (χ0) is 14.2. The number of pyridine rings is 1. The van der Waals surface area contributed by atoms with E-state index < -0.39 is 0 Å². The summed E-state index contributed by atoms with van der Waals surface area (Å²) in [5.74, 6) is 1.21. The molecule has 3 N–H and O–H groups in total. The Bertz CT molecular complexity index is 552. The van der Waals surface area contributed by atoms with Crippen molar-refractivity contribution in [2.75, 3.05) is 20.3 Å². The number of ether oxygens (including phenoxy) is 1. The van der Waals surface area contributed by atoms with Crippen LogP contribution in [0, 0.1) is 0 Å². The molecule has 0 atom stereocenters. The van der Waals surface area contributed by atoms with Gasteiger partial charge in [-0.05, 0) is 17.7 Å². The average Bonchev–Trinajstić information content (AvgIpc) is 3.00. The van der Waals surface area contributed by atoms with Crippen LogP contribution in [-0.4, -0.2) is 40.8 Å². The first-order valence-corrected chi connectivity index (χ1v) is 6.25. The van der Waals surface area contributed by atoms with Crippen molar-refractivity contribution in [2.45, 2.75) is 6.54 Å². The third kappa shape index (κ3) is 4.06. The number of hydrogen-bond acceptors (Lipinski definition) is 4. The van der Waals surface area contributed by atoms with Gasteiger partial charge in [-0.15, -0.1) is 0 Å². The van der Waals surface area contributed by atoms with E-state index in [1.54, 1.807) is 25.8 Å². The molecular weight excluding hydrogens is 256 g/mol. The van der Waals surface area contributed by atoms with Gasteiger partial charge >= 0.3 is 0 Å². The maximum atomic E-state index is 5.75. The number of imidazole rings is 1. The molecule has 0 aliphatic rings. The fraction of sp³-hybridized carbons (Fsp3) is 0.308. The van der Waals surface area contributed by atoms with Crippen LogP contribution in [0.1, 0.15) is 5.56 Å². The van der Waals surface area contributed by atoms with Crippen molar-refractivity contribution in [2.24, 2.45) is 10.7 Å². The smallest absolute Gasteiger partial charge is 0.188 e. The van der Waals surface area contributed by atoms with E-state index in [0.717, 1.165) is 11.4 Å². The topological polar surface area (TPSA) is 90.4 Å². The zero-order valence-electron chi connectivity index (χ0n) is 11.4. The highest BCUT2D eigenvalue weighted by Gasteiger charge is 1.99. The van der Waals surface area contributed by atoms with Crippen molar-refractivity contribution < 1.29 is 4.74 Å². The summed E-state index contributed by atoms with van der Waals surface area (Å²) in [7, 11) is 1.64. The second-order valence-corrected chi connectivity index (χ2v) is 4.11. The molecular formula is C13H18N6O. The monoisotopic (exact) mass is 274 g/mol. The molecule has 0 aromatic carbocycles. The van der Waals surface area contributed by atoms with E-state index in [0.29, 0.717) is 25.7 Å². The summed E-state index contributed by atoms with van der Waals surface area (Å²) in [5, 5.41) is 2.97. The molecule has 0 spiro atoms. The summed E-state index contributed by atoms with van der Waals surface area (Å²) in [5.41, 5.74) is 6.78. The molecule has 0 unspecified atom stereocenters. The summed E-state index contributed by atoms with van der Waals surface area (Å²) in [6.45, 7) is 1.73. The Morgan fingerprint density at radius 2 is 2.40 bits per heavy atom. The van der Waals surface area contributed by atoms with Gasteiger partial charge in [-0.2, -0.15) is 0 Å². The predicted octanol–water partition coefficient (Wildman–Crippen LogP) is 0.318. The van der Waals surface area contributed by atoms with E-state index in [9.17, 15) is 0 Å². The summed E-state index contributed by atoms with van der Waals surface area (Å²) in [6, 6.07) is 3.86. The van der Waals surface area contributed by atoms with Crippen molar-refractivity contribution in [1.82, 2.24) is 19.9 Å². The SMILES string of the molecule is COCCNC(N)=NCc1ccnc(-n2ccnc2)c1. The van der Waals surface area contributed by atoms with Gasteiger partial charge < -0.3 is 15.8 Å². The first kappa shape index (κ1) is 14.0. The first-order valence-electron chi connectivity index (χ1n) is 6.25. The second kappa shape index (κ2) is 7.25. The number of aliphatic imine (C=N–C) groups is 1. The molecule has 7 nitrogen and oxygen atoms in total. The highest BCUT2D eigenvalue weighted by molar-refractivity contribution is 5.77. The molecule has 0 aliphatic heterocycles. The number of aromatic nitrogens is 3. The van der Waals surface area contributed by atoms with E-state index in [1.807, 2.05) is 22.9 Å². The Hall–Kier alpha value is -2.41. The van der Waals surface area contributed by atoms with Crippen LogP contribution < -0.4 is 11.1 Å². The normalized spacial score (nSPS) is 11.6. The van der Waals surface area contributed by atoms with Crippen LogP contribution in [0.2, 0.25) is 0 Å². The zero-order valence-corrected chi connectivity index (χ0v) is 11.4. The van der Waals surface area contributed by atoms with Gasteiger partial charge in [0.2, 0.25) is 0 Å². The van der Waals surface area contributed by atoms with E-state index >= 15 is 0 Å². The lowest BCUT2D eigenvalue weighted by molar-refractivity contribution is 0.204. The van der Waals surface area contributed by atoms with Crippen molar-refractivity contribution >= 4 is 5.96 Å². The molecule has 0 aliphatic carbocycles. The van der Waals surface area contributed by atoms with E-state index in [1.165, 1.54) is 0 Å². The molecule has 2 aromatic heterocycles. The van der Waals surface area contributed by atoms with Crippen LogP contribution >= 0.6 is 0 Å². The minimum Gasteiger partial charge on any atom is -0.383 e. The molecule has 7 heteroatoms. The number of guanidine groups is 1. The Balaban J connectivity index is 1.96. The van der Waals surface area contributed by atoms with Crippen LogP contribution in [0.3, 0.4) is 0 Å². The summed E-state index contributed by atoms with van der Waals surface area (Å²) >= 11 is 0. The fourth-order valence-electron chi connectivity index (χ4n) is 1.61. The first-order chi connectivity index (χ1) is 9.79. The van der Waals surface area contributed by atoms with Crippen LogP contribution in [0.15, 0.2) is 42.0 Å². The maximum Gasteiger partial charge on any atom is 0.188 e. The summed E-state index contributed by atoms with van der Waals surface area (Å²) in [6.07, 6.45) is 7.00. The van der Waals surface area contributed by atoms with Crippen LogP contribution in [-0.2, 0) is 11.3 Å². The van der Waals surface area contributed by atoms with E-state index in [4.69, 9.17) is 10.5 Å². The molecule has 2 rings (SSSR count). The summed E-state index contributed by atoms with van der Waals surface area (Å²) < 4.78 is 6.76. The molecule has 0 fully saturated rings. The van der Waals surface area contributed by atoms with E-state index in [2.05, 4.69) is 20.3 Å². The maximum absolute atomic E-state index is 5.75. The molecule has 2 heterocycles. The fourth-order valence-corrected chi connectivity index (χ4v) is 1.61. The average molecular weight is 274 g/mol. The van der Waals surface area contributed by atoms with Gasteiger partial charge in [-0.1, -0.05) is 0 Å². The van der Waals surface area contributed by atoms with Gasteiger partial charge in [0.05, 0.1) is 13.2 Å². The largest absolute Gasteiger partial charge is 0.383 e. The lowest BCUT2D eigenvalue weighted by Crippen LogP contribution is -2.34. The van der Waals surface area contributed by atoms with Crippen molar-refractivity contribution in [3.63, 3.8) is 0 Å². The van der Waals surface area contributed by atoms with Crippen LogP contribution in [0.5, 0.6) is 0 Å². The van der Waals surface area contributed by atoms with Crippen LogP contribution in [0.4, 0.5) is 0 Å². The predicted molar refractivity (Wildman–Crippen MR) is 76.6 cm³/mol. The highest BCUT2D eigenvalue weighted by Crippen LogP contribution is 2.07. The number of nitrogens with two attached hydrogens (primary N) is 1. The number of rotatable bonds is 6. The number of methoxy groups -OCH3 is 1. The van der Waals surface area contributed by atoms with Crippen LogP contribution in [0.25, 0.3) is 5.82 Å². The van der Waals surface area contributed by atoms with Gasteiger partial charge in [0.15, 0.2) is 5.96 Å². The Morgan fingerprint density at radius 1 is 1.50 bits per heavy atom. The minimum atomic E-state index is 0.406. The molecule has 0 saturated carbocycles. The molecule has 2 aromatic rings. The number of nitrogens with one attached hydrogen (secondary N) is 1. The molecule has 0 amide bonds. The van der Waals surface area contributed by atoms with Gasteiger partial charge in [0.1, 0.15) is 12.1 Å². The van der Waals surface area contributed by atoms with Gasteiger partial charge in [0, 0.05) is 32.2 Å². The lowest BCUT2D eigenvalue weighted by atomic mass is 10.2. The summed E-state index contributed by atoms with van der Waals surface area (Å²) in [4.78, 5) is 12.5. The van der Waals surface area contributed by atoms with Gasteiger partial charge in [-0.3, -0.25) is 4.57 Å². The highest BCUT2D eigenvalue weighted by atomic mass is 16.5. The molecule has 0 radical (unpaired) electrons. The lowest BCUT2D eigenvalue weighted by Gasteiger charge is -2.05. The third-order valence-electron chi connectivity index (χ3n) is 2.62. The van der Waals surface area contributed by atoms with Crippen molar-refractivity contribution in [1.29, 1.82) is 0 Å². The van der Waals surface area contributed by atoms with Gasteiger partial charge in [-0.25, -0.2) is 15.0 Å². The third-order valence-corrected chi connectivity index (χ3v) is 2.62. The van der Waals surface area contributed by atoms with Gasteiger partial charge in [0.25, 0.3) is 0 Å². The Labute approximate surface area is 117 Å². The minimum absolute atomic E-state index is 0.406. The number of hydrogen-bond donors (Lipinski definition) is 2. The Kier molecular flexibility index (Phi) is 5.08. The van der Waals surface area contributed by atoms with Crippen molar-refractivity contribution in [3.8, 4) is 5.82 Å². The molecule has 106 valence electrons. The number of nitrogens with zero attached hydrogens (tertiary/aromatic N) is 4. The molecule has 0 saturated heterocycles. The standard InChI is InChI=1S/C13H18N6O/c1-20-7-5-17-13(14)18-9-11-2-3-16-12(8-11)19-6-4-15-10-19/h2-4,6,8,10H,5,7,9H2,1H3,(H3,14,17,18).